The molecule has 0 saturated carbocycles. The molecular formula is C27H40FN3O. The second kappa shape index (κ2) is 14.5. The zero-order valence-corrected chi connectivity index (χ0v) is 20.6. The lowest BCUT2D eigenvalue weighted by Gasteiger charge is -2.38. The summed E-state index contributed by atoms with van der Waals surface area (Å²) in [6, 6.07) is 16.9. The normalized spacial score (nSPS) is 14.8. The lowest BCUT2D eigenvalue weighted by atomic mass is 9.88. The molecule has 1 aliphatic rings. The van der Waals surface area contributed by atoms with Crippen molar-refractivity contribution in [1.82, 2.24) is 4.90 Å². The second-order valence-corrected chi connectivity index (χ2v) is 8.13. The maximum absolute atomic E-state index is 13.4. The Hall–Kier alpha value is -2.58. The van der Waals surface area contributed by atoms with E-state index < -0.39 is 5.54 Å². The highest BCUT2D eigenvalue weighted by Crippen LogP contribution is 2.28. The molecule has 32 heavy (non-hydrogen) atoms. The van der Waals surface area contributed by atoms with Crippen molar-refractivity contribution in [1.29, 1.82) is 5.26 Å². The molecule has 0 atom stereocenters. The van der Waals surface area contributed by atoms with Crippen LogP contribution in [0.1, 0.15) is 66.4 Å². The van der Waals surface area contributed by atoms with Gasteiger partial charge in [-0.3, -0.25) is 4.90 Å². The molecule has 0 unspecified atom stereocenters. The maximum atomic E-state index is 13.4. The molecule has 0 spiro atoms. The van der Waals surface area contributed by atoms with Gasteiger partial charge in [0, 0.05) is 25.3 Å². The number of nitriles is 1. The minimum absolute atomic E-state index is 0.153. The van der Waals surface area contributed by atoms with Crippen LogP contribution in [0.5, 0.6) is 5.75 Å². The van der Waals surface area contributed by atoms with Gasteiger partial charge in [-0.2, -0.15) is 5.26 Å². The number of anilines is 1. The van der Waals surface area contributed by atoms with Crippen molar-refractivity contribution in [3.8, 4) is 11.8 Å². The fourth-order valence-electron chi connectivity index (χ4n) is 3.45. The van der Waals surface area contributed by atoms with Gasteiger partial charge in [-0.25, -0.2) is 4.39 Å². The van der Waals surface area contributed by atoms with Gasteiger partial charge in [0.15, 0.2) is 0 Å². The molecule has 0 bridgehead atoms. The van der Waals surface area contributed by atoms with Crippen molar-refractivity contribution in [2.24, 2.45) is 0 Å². The summed E-state index contributed by atoms with van der Waals surface area (Å²) in [6.45, 7) is 14.7. The van der Waals surface area contributed by atoms with Gasteiger partial charge in [-0.05, 0) is 62.6 Å². The molecule has 0 amide bonds. The zero-order chi connectivity index (χ0) is 24.0. The van der Waals surface area contributed by atoms with Crippen LogP contribution in [0.25, 0.3) is 0 Å². The average Bonchev–Trinajstić information content (AvgIpc) is 2.77. The third kappa shape index (κ3) is 9.28. The summed E-state index contributed by atoms with van der Waals surface area (Å²) in [6.07, 6.45) is 2.80. The molecule has 0 radical (unpaired) electrons. The smallest absolute Gasteiger partial charge is 0.127 e. The molecule has 0 aliphatic carbocycles. The summed E-state index contributed by atoms with van der Waals surface area (Å²) in [4.78, 5) is 2.34. The van der Waals surface area contributed by atoms with Gasteiger partial charge in [0.25, 0.3) is 0 Å². The molecule has 5 heteroatoms. The average molecular weight is 442 g/mol. The van der Waals surface area contributed by atoms with Gasteiger partial charge in [0.05, 0.1) is 12.2 Å². The number of benzene rings is 2. The summed E-state index contributed by atoms with van der Waals surface area (Å²) in [5.74, 6) is 0.590. The number of hydrogen-bond donors (Lipinski definition) is 1. The Balaban J connectivity index is 0.000000944. The first-order valence-corrected chi connectivity index (χ1v) is 11.8. The Kier molecular flexibility index (Phi) is 12.4. The molecule has 1 fully saturated rings. The Labute approximate surface area is 194 Å². The first-order valence-electron chi connectivity index (χ1n) is 11.8. The van der Waals surface area contributed by atoms with Crippen LogP contribution in [0.3, 0.4) is 0 Å². The minimum atomic E-state index is -0.646. The summed E-state index contributed by atoms with van der Waals surface area (Å²) in [5, 5.41) is 13.0. The molecule has 1 heterocycles. The number of hydrogen-bond acceptors (Lipinski definition) is 4. The fraction of sp³-hybridized carbons (Fsp3) is 0.519. The number of nitrogens with zero attached hydrogens (tertiary/aromatic N) is 2. The SMILES string of the molecule is CC.CC(C)Oc1cccc(CN2CCC(C#N)(Nc3cccc(F)c3)CC2)c1.CCC. The maximum Gasteiger partial charge on any atom is 0.127 e. The molecule has 1 aliphatic heterocycles. The summed E-state index contributed by atoms with van der Waals surface area (Å²) in [7, 11) is 0. The fourth-order valence-corrected chi connectivity index (χ4v) is 3.45. The topological polar surface area (TPSA) is 48.3 Å². The van der Waals surface area contributed by atoms with Crippen molar-refractivity contribution in [2.75, 3.05) is 18.4 Å². The standard InChI is InChI=1S/C22H26FN3O.C3H8.C2H6/c1-17(2)27-21-8-3-5-18(13-21)15-26-11-9-22(16-24,10-12-26)25-20-7-4-6-19(23)14-20;1-3-2;1-2/h3-8,13-14,17,25H,9-12,15H2,1-2H3;3H2,1-2H3;1-2H3. The predicted octanol–water partition coefficient (Wildman–Crippen LogP) is 7.03. The predicted molar refractivity (Wildman–Crippen MR) is 132 cm³/mol. The summed E-state index contributed by atoms with van der Waals surface area (Å²) in [5.41, 5.74) is 1.21. The van der Waals surface area contributed by atoms with Crippen LogP contribution in [0.15, 0.2) is 48.5 Å². The molecule has 3 rings (SSSR count). The number of halogens is 1. The lowest BCUT2D eigenvalue weighted by Crippen LogP contribution is -2.48. The molecule has 1 saturated heterocycles. The molecule has 2 aromatic carbocycles. The molecule has 176 valence electrons. The third-order valence-corrected chi connectivity index (χ3v) is 4.81. The van der Waals surface area contributed by atoms with Gasteiger partial charge in [0.1, 0.15) is 17.1 Å². The van der Waals surface area contributed by atoms with Gasteiger partial charge in [-0.15, -0.1) is 0 Å². The van der Waals surface area contributed by atoms with Crippen LogP contribution in [0, 0.1) is 17.1 Å². The van der Waals surface area contributed by atoms with Crippen LogP contribution in [-0.2, 0) is 6.54 Å². The number of likely N-dealkylation sites (tertiary alicyclic amines) is 1. The van der Waals surface area contributed by atoms with Crippen molar-refractivity contribution in [2.45, 2.75) is 79.0 Å². The van der Waals surface area contributed by atoms with Crippen LogP contribution in [0.4, 0.5) is 10.1 Å². The lowest BCUT2D eigenvalue weighted by molar-refractivity contribution is 0.189. The molecule has 2 aromatic rings. The molecule has 4 nitrogen and oxygen atoms in total. The first kappa shape index (κ1) is 27.5. The number of piperidine rings is 1. The van der Waals surface area contributed by atoms with Crippen molar-refractivity contribution in [3.63, 3.8) is 0 Å². The third-order valence-electron chi connectivity index (χ3n) is 4.81. The minimum Gasteiger partial charge on any atom is -0.491 e. The highest BCUT2D eigenvalue weighted by atomic mass is 19.1. The van der Waals surface area contributed by atoms with Crippen molar-refractivity contribution < 1.29 is 9.13 Å². The molecular weight excluding hydrogens is 401 g/mol. The Morgan fingerprint density at radius 1 is 1.09 bits per heavy atom. The van der Waals surface area contributed by atoms with Crippen molar-refractivity contribution >= 4 is 5.69 Å². The van der Waals surface area contributed by atoms with E-state index in [1.165, 1.54) is 24.1 Å². The Morgan fingerprint density at radius 2 is 1.72 bits per heavy atom. The van der Waals surface area contributed by atoms with E-state index in [1.54, 1.807) is 12.1 Å². The van der Waals surface area contributed by atoms with E-state index in [0.717, 1.165) is 25.4 Å². The highest BCUT2D eigenvalue weighted by molar-refractivity contribution is 5.48. The Morgan fingerprint density at radius 3 is 2.28 bits per heavy atom. The van der Waals surface area contributed by atoms with E-state index in [2.05, 4.69) is 42.3 Å². The summed E-state index contributed by atoms with van der Waals surface area (Å²) < 4.78 is 19.2. The van der Waals surface area contributed by atoms with E-state index >= 15 is 0 Å². The molecule has 1 N–H and O–H groups in total. The molecule has 0 aromatic heterocycles. The largest absolute Gasteiger partial charge is 0.491 e. The van der Waals surface area contributed by atoms with Crippen LogP contribution >= 0.6 is 0 Å². The van der Waals surface area contributed by atoms with E-state index in [4.69, 9.17) is 4.74 Å². The number of nitrogens with one attached hydrogen (secondary N) is 1. The van der Waals surface area contributed by atoms with E-state index in [1.807, 2.05) is 39.8 Å². The van der Waals surface area contributed by atoms with Gasteiger partial charge >= 0.3 is 0 Å². The van der Waals surface area contributed by atoms with E-state index in [9.17, 15) is 9.65 Å². The van der Waals surface area contributed by atoms with Gasteiger partial charge in [-0.1, -0.05) is 52.3 Å². The van der Waals surface area contributed by atoms with Crippen LogP contribution in [0.2, 0.25) is 0 Å². The van der Waals surface area contributed by atoms with Crippen LogP contribution in [-0.4, -0.2) is 29.6 Å². The highest BCUT2D eigenvalue weighted by Gasteiger charge is 2.34. The number of ether oxygens (including phenoxy) is 1. The monoisotopic (exact) mass is 441 g/mol. The van der Waals surface area contributed by atoms with E-state index in [0.29, 0.717) is 18.5 Å². The Bertz CT molecular complexity index is 824. The van der Waals surface area contributed by atoms with Gasteiger partial charge in [0.2, 0.25) is 0 Å². The van der Waals surface area contributed by atoms with E-state index in [-0.39, 0.29) is 11.9 Å². The summed E-state index contributed by atoms with van der Waals surface area (Å²) >= 11 is 0. The second-order valence-electron chi connectivity index (χ2n) is 8.13. The quantitative estimate of drug-likeness (QED) is 0.523. The number of rotatable bonds is 6. The zero-order valence-electron chi connectivity index (χ0n) is 20.6. The van der Waals surface area contributed by atoms with Gasteiger partial charge < -0.3 is 10.1 Å². The van der Waals surface area contributed by atoms with Crippen LogP contribution < -0.4 is 10.1 Å². The first-order chi connectivity index (χ1) is 15.4. The van der Waals surface area contributed by atoms with Crippen molar-refractivity contribution in [3.05, 3.63) is 59.9 Å².